The molecule has 0 bridgehead atoms. The molecule has 2 aromatic carbocycles. The molecular formula is C16H13NO. The zero-order valence-corrected chi connectivity index (χ0v) is 9.89. The Labute approximate surface area is 105 Å². The van der Waals surface area contributed by atoms with Crippen LogP contribution in [0.1, 0.15) is 21.5 Å². The van der Waals surface area contributed by atoms with Crippen LogP contribution < -0.4 is 0 Å². The van der Waals surface area contributed by atoms with Crippen LogP contribution in [-0.4, -0.2) is 11.3 Å². The Morgan fingerprint density at radius 1 is 0.944 bits per heavy atom. The van der Waals surface area contributed by atoms with E-state index in [-0.39, 0.29) is 0 Å². The molecule has 1 N–H and O–H groups in total. The number of hydrogen-bond acceptors (Lipinski definition) is 1. The quantitative estimate of drug-likeness (QED) is 0.692. The summed E-state index contributed by atoms with van der Waals surface area (Å²) in [4.78, 5) is 14.3. The van der Waals surface area contributed by atoms with Gasteiger partial charge in [0.25, 0.3) is 0 Å². The number of hydrogen-bond donors (Lipinski definition) is 1. The van der Waals surface area contributed by atoms with E-state index >= 15 is 0 Å². The number of aldehydes is 1. The molecule has 2 nitrogen and oxygen atoms in total. The molecular weight excluding hydrogens is 222 g/mol. The van der Waals surface area contributed by atoms with Crippen LogP contribution in [0.25, 0.3) is 10.9 Å². The maximum Gasteiger partial charge on any atom is 0.150 e. The number of nitrogens with one attached hydrogen (secondary N) is 1. The molecule has 0 atom stereocenters. The van der Waals surface area contributed by atoms with Crippen LogP contribution >= 0.6 is 0 Å². The molecule has 18 heavy (non-hydrogen) atoms. The van der Waals surface area contributed by atoms with Crippen molar-refractivity contribution in [2.24, 2.45) is 0 Å². The number of fused-ring (bicyclic) bond motifs is 1. The Hall–Kier alpha value is -2.35. The smallest absolute Gasteiger partial charge is 0.150 e. The second-order valence-electron chi connectivity index (χ2n) is 4.35. The third kappa shape index (κ3) is 1.82. The van der Waals surface area contributed by atoms with E-state index in [4.69, 9.17) is 0 Å². The SMILES string of the molecule is O=Cc1ccccc1Cc1c[nH]c2ccccc12. The van der Waals surface area contributed by atoms with Crippen LogP contribution in [0.15, 0.2) is 54.7 Å². The summed E-state index contributed by atoms with van der Waals surface area (Å²) in [6, 6.07) is 15.9. The number of carbonyl (C=O) groups is 1. The van der Waals surface area contributed by atoms with Crippen molar-refractivity contribution in [3.8, 4) is 0 Å². The van der Waals surface area contributed by atoms with Crippen molar-refractivity contribution in [3.05, 3.63) is 71.4 Å². The van der Waals surface area contributed by atoms with E-state index in [2.05, 4.69) is 17.1 Å². The van der Waals surface area contributed by atoms with Gasteiger partial charge in [-0.05, 0) is 17.2 Å². The molecule has 0 aliphatic heterocycles. The molecule has 3 rings (SSSR count). The predicted octanol–water partition coefficient (Wildman–Crippen LogP) is 3.57. The molecule has 0 saturated heterocycles. The van der Waals surface area contributed by atoms with Crippen LogP contribution in [-0.2, 0) is 6.42 Å². The Morgan fingerprint density at radius 3 is 2.61 bits per heavy atom. The first-order valence-electron chi connectivity index (χ1n) is 5.96. The van der Waals surface area contributed by atoms with E-state index in [1.165, 1.54) is 10.9 Å². The van der Waals surface area contributed by atoms with Crippen molar-refractivity contribution < 1.29 is 4.79 Å². The fourth-order valence-corrected chi connectivity index (χ4v) is 2.29. The minimum Gasteiger partial charge on any atom is -0.361 e. The van der Waals surface area contributed by atoms with Gasteiger partial charge in [0.15, 0.2) is 0 Å². The zero-order valence-electron chi connectivity index (χ0n) is 9.89. The Bertz CT molecular complexity index is 697. The summed E-state index contributed by atoms with van der Waals surface area (Å²) in [6.07, 6.45) is 3.72. The highest BCUT2D eigenvalue weighted by Crippen LogP contribution is 2.21. The average molecular weight is 235 g/mol. The van der Waals surface area contributed by atoms with Gasteiger partial charge in [-0.15, -0.1) is 0 Å². The monoisotopic (exact) mass is 235 g/mol. The highest BCUT2D eigenvalue weighted by Gasteiger charge is 2.06. The molecule has 2 heteroatoms. The predicted molar refractivity (Wildman–Crippen MR) is 72.9 cm³/mol. The first-order valence-corrected chi connectivity index (χ1v) is 5.96. The maximum absolute atomic E-state index is 11.0. The van der Waals surface area contributed by atoms with E-state index in [0.717, 1.165) is 29.4 Å². The van der Waals surface area contributed by atoms with Gasteiger partial charge < -0.3 is 4.98 Å². The van der Waals surface area contributed by atoms with E-state index in [1.54, 1.807) is 0 Å². The summed E-state index contributed by atoms with van der Waals surface area (Å²) in [7, 11) is 0. The van der Waals surface area contributed by atoms with Gasteiger partial charge in [0.2, 0.25) is 0 Å². The lowest BCUT2D eigenvalue weighted by atomic mass is 10.0. The van der Waals surface area contributed by atoms with Crippen molar-refractivity contribution in [2.45, 2.75) is 6.42 Å². The number of rotatable bonds is 3. The number of H-pyrrole nitrogens is 1. The number of aromatic amines is 1. The van der Waals surface area contributed by atoms with E-state index in [9.17, 15) is 4.79 Å². The fourth-order valence-electron chi connectivity index (χ4n) is 2.29. The molecule has 88 valence electrons. The molecule has 0 unspecified atom stereocenters. The number of para-hydroxylation sites is 1. The average Bonchev–Trinajstić information content (AvgIpc) is 2.83. The summed E-state index contributed by atoms with van der Waals surface area (Å²) in [5.41, 5.74) is 4.19. The lowest BCUT2D eigenvalue weighted by Crippen LogP contribution is -1.93. The van der Waals surface area contributed by atoms with Gasteiger partial charge >= 0.3 is 0 Å². The standard InChI is InChI=1S/C16H13NO/c18-11-13-6-2-1-5-12(13)9-14-10-17-16-8-4-3-7-15(14)16/h1-8,10-11,17H,9H2. The van der Waals surface area contributed by atoms with E-state index in [0.29, 0.717) is 0 Å². The van der Waals surface area contributed by atoms with Crippen LogP contribution in [0.3, 0.4) is 0 Å². The van der Waals surface area contributed by atoms with Gasteiger partial charge in [-0.25, -0.2) is 0 Å². The van der Waals surface area contributed by atoms with Gasteiger partial charge in [0.05, 0.1) is 0 Å². The second kappa shape index (κ2) is 4.49. The van der Waals surface area contributed by atoms with E-state index < -0.39 is 0 Å². The summed E-state index contributed by atoms with van der Waals surface area (Å²) in [5.74, 6) is 0. The number of benzene rings is 2. The summed E-state index contributed by atoms with van der Waals surface area (Å²) < 4.78 is 0. The van der Waals surface area contributed by atoms with Gasteiger partial charge in [-0.1, -0.05) is 42.5 Å². The summed E-state index contributed by atoms with van der Waals surface area (Å²) in [5, 5.41) is 1.22. The fraction of sp³-hybridized carbons (Fsp3) is 0.0625. The molecule has 0 spiro atoms. The van der Waals surface area contributed by atoms with Crippen LogP contribution in [0.5, 0.6) is 0 Å². The Balaban J connectivity index is 2.04. The van der Waals surface area contributed by atoms with Gasteiger partial charge in [-0.3, -0.25) is 4.79 Å². The lowest BCUT2D eigenvalue weighted by Gasteiger charge is -2.03. The van der Waals surface area contributed by atoms with Crippen molar-refractivity contribution in [2.75, 3.05) is 0 Å². The zero-order chi connectivity index (χ0) is 12.4. The van der Waals surface area contributed by atoms with Gasteiger partial charge in [-0.2, -0.15) is 0 Å². The van der Waals surface area contributed by atoms with Crippen LogP contribution in [0.4, 0.5) is 0 Å². The van der Waals surface area contributed by atoms with Crippen LogP contribution in [0.2, 0.25) is 0 Å². The third-order valence-corrected chi connectivity index (χ3v) is 3.24. The highest BCUT2D eigenvalue weighted by atomic mass is 16.1. The van der Waals surface area contributed by atoms with Crippen molar-refractivity contribution in [1.29, 1.82) is 0 Å². The minimum absolute atomic E-state index is 0.766. The molecule has 0 radical (unpaired) electrons. The molecule has 0 fully saturated rings. The second-order valence-corrected chi connectivity index (χ2v) is 4.35. The molecule has 3 aromatic rings. The third-order valence-electron chi connectivity index (χ3n) is 3.24. The normalized spacial score (nSPS) is 10.7. The summed E-state index contributed by atoms with van der Waals surface area (Å²) in [6.45, 7) is 0. The minimum atomic E-state index is 0.766. The van der Waals surface area contributed by atoms with Crippen molar-refractivity contribution in [1.82, 2.24) is 4.98 Å². The maximum atomic E-state index is 11.0. The number of carbonyl (C=O) groups excluding carboxylic acids is 1. The Morgan fingerprint density at radius 2 is 1.72 bits per heavy atom. The van der Waals surface area contributed by atoms with Crippen molar-refractivity contribution >= 4 is 17.2 Å². The topological polar surface area (TPSA) is 32.9 Å². The van der Waals surface area contributed by atoms with Gasteiger partial charge in [0, 0.05) is 29.1 Å². The molecule has 1 heterocycles. The molecule has 1 aromatic heterocycles. The molecule has 0 aliphatic rings. The first kappa shape index (κ1) is 10.8. The van der Waals surface area contributed by atoms with Gasteiger partial charge in [0.1, 0.15) is 6.29 Å². The number of aromatic nitrogens is 1. The molecule has 0 amide bonds. The lowest BCUT2D eigenvalue weighted by molar-refractivity contribution is 0.112. The largest absolute Gasteiger partial charge is 0.361 e. The highest BCUT2D eigenvalue weighted by molar-refractivity contribution is 5.84. The molecule has 0 aliphatic carbocycles. The summed E-state index contributed by atoms with van der Waals surface area (Å²) >= 11 is 0. The van der Waals surface area contributed by atoms with E-state index in [1.807, 2.05) is 42.6 Å². The molecule has 0 saturated carbocycles. The Kier molecular flexibility index (Phi) is 2.69. The first-order chi connectivity index (χ1) is 8.88. The van der Waals surface area contributed by atoms with Crippen molar-refractivity contribution in [3.63, 3.8) is 0 Å². The van der Waals surface area contributed by atoms with Crippen LogP contribution in [0, 0.1) is 0 Å².